The first-order valence-electron chi connectivity index (χ1n) is 13.5. The van der Waals surface area contributed by atoms with Gasteiger partial charge in [-0.15, -0.1) is 0 Å². The van der Waals surface area contributed by atoms with Gasteiger partial charge in [0.05, 0.1) is 6.07 Å². The second kappa shape index (κ2) is 10.2. The molecular formula is C27H41N5O5. The number of hydrogen-bond acceptors (Lipinski definition) is 6. The van der Waals surface area contributed by atoms with Crippen molar-refractivity contribution in [3.05, 3.63) is 0 Å². The van der Waals surface area contributed by atoms with E-state index in [9.17, 15) is 24.4 Å². The van der Waals surface area contributed by atoms with Gasteiger partial charge in [0.1, 0.15) is 18.1 Å². The van der Waals surface area contributed by atoms with Crippen LogP contribution in [0.3, 0.4) is 0 Å². The lowest BCUT2D eigenvalue weighted by Crippen LogP contribution is -2.60. The van der Waals surface area contributed by atoms with E-state index < -0.39 is 23.5 Å². The van der Waals surface area contributed by atoms with Gasteiger partial charge in [-0.05, 0) is 48.3 Å². The molecule has 6 atom stereocenters. The molecule has 0 aromatic heterocycles. The number of nitrogens with zero attached hydrogens (tertiary/aromatic N) is 2. The highest BCUT2D eigenvalue weighted by Gasteiger charge is 2.69. The third-order valence-electron chi connectivity index (χ3n) is 8.91. The molecule has 3 aliphatic heterocycles. The molecule has 4 amide bonds. The van der Waals surface area contributed by atoms with E-state index in [1.807, 2.05) is 20.8 Å². The Kier molecular flexibility index (Phi) is 7.57. The van der Waals surface area contributed by atoms with E-state index in [1.54, 1.807) is 4.90 Å². The number of likely N-dealkylation sites (tertiary alicyclic amines) is 1. The van der Waals surface area contributed by atoms with Crippen molar-refractivity contribution < 1.29 is 23.9 Å². The molecule has 4 aliphatic rings. The fraction of sp³-hybridized carbons (Fsp3) is 0.815. The zero-order valence-electron chi connectivity index (χ0n) is 22.6. The lowest BCUT2D eigenvalue weighted by Gasteiger charge is -2.38. The standard InChI is InChI=1S/C27H41N5O5/c1-26(2,3)21(31-23(34)15-7-10-37-11-8-15)25(36)32-14-18-19(27(18,4)5)20(32)24(35)30-17(13-28)12-16-6-9-29-22(16)33/h15-21H,6-12,14H2,1-5H3,(H,29,33)(H,30,35)(H,31,34)/t16-,17-,18-,19-,20-,21+/m0/s1. The first-order valence-corrected chi connectivity index (χ1v) is 13.5. The van der Waals surface area contributed by atoms with Crippen molar-refractivity contribution in [2.75, 3.05) is 26.3 Å². The minimum Gasteiger partial charge on any atom is -0.381 e. The molecule has 204 valence electrons. The number of carbonyl (C=O) groups is 4. The number of nitriles is 1. The number of piperidine rings is 1. The predicted octanol–water partition coefficient (Wildman–Crippen LogP) is 0.961. The van der Waals surface area contributed by atoms with Gasteiger partial charge in [0, 0.05) is 38.1 Å². The van der Waals surface area contributed by atoms with Crippen LogP contribution in [-0.4, -0.2) is 73.0 Å². The summed E-state index contributed by atoms with van der Waals surface area (Å²) < 4.78 is 5.37. The quantitative estimate of drug-likeness (QED) is 0.461. The molecule has 4 fully saturated rings. The van der Waals surface area contributed by atoms with Gasteiger partial charge >= 0.3 is 0 Å². The van der Waals surface area contributed by atoms with Gasteiger partial charge in [-0.3, -0.25) is 19.2 Å². The van der Waals surface area contributed by atoms with Crippen LogP contribution in [0.5, 0.6) is 0 Å². The SMILES string of the molecule is CC(C)(C)[C@H](NC(=O)C1CCOCC1)C(=O)N1C[C@H]2[C@@H]([C@H]1C(=O)N[C@H](C#N)C[C@@H]1CCNC1=O)C2(C)C. The highest BCUT2D eigenvalue weighted by Crippen LogP contribution is 2.65. The van der Waals surface area contributed by atoms with Crippen molar-refractivity contribution in [3.8, 4) is 6.07 Å². The Hall–Kier alpha value is -2.67. The molecule has 3 heterocycles. The average Bonchev–Trinajstić information content (AvgIpc) is 3.20. The zero-order valence-corrected chi connectivity index (χ0v) is 22.6. The van der Waals surface area contributed by atoms with Gasteiger partial charge in [-0.2, -0.15) is 5.26 Å². The Morgan fingerprint density at radius 1 is 1.16 bits per heavy atom. The van der Waals surface area contributed by atoms with E-state index in [1.165, 1.54) is 0 Å². The molecule has 0 bridgehead atoms. The van der Waals surface area contributed by atoms with Crippen molar-refractivity contribution in [2.24, 2.45) is 34.5 Å². The number of amides is 4. The zero-order chi connectivity index (χ0) is 27.1. The molecule has 1 aliphatic carbocycles. The molecule has 1 saturated carbocycles. The third-order valence-corrected chi connectivity index (χ3v) is 8.91. The minimum absolute atomic E-state index is 0.0163. The molecule has 37 heavy (non-hydrogen) atoms. The molecule has 10 nitrogen and oxygen atoms in total. The summed E-state index contributed by atoms with van der Waals surface area (Å²) >= 11 is 0. The summed E-state index contributed by atoms with van der Waals surface area (Å²) in [6.07, 6.45) is 2.13. The van der Waals surface area contributed by atoms with E-state index in [0.29, 0.717) is 45.6 Å². The van der Waals surface area contributed by atoms with Crippen LogP contribution in [0.1, 0.15) is 60.3 Å². The molecule has 0 aromatic carbocycles. The number of hydrogen-bond donors (Lipinski definition) is 3. The van der Waals surface area contributed by atoms with Crippen LogP contribution in [0, 0.1) is 45.8 Å². The maximum absolute atomic E-state index is 14.0. The highest BCUT2D eigenvalue weighted by molar-refractivity contribution is 5.94. The summed E-state index contributed by atoms with van der Waals surface area (Å²) in [4.78, 5) is 54.2. The van der Waals surface area contributed by atoms with Crippen LogP contribution in [0.15, 0.2) is 0 Å². The van der Waals surface area contributed by atoms with Gasteiger partial charge in [0.15, 0.2) is 0 Å². The topological polar surface area (TPSA) is 141 Å². The molecular weight excluding hydrogens is 474 g/mol. The summed E-state index contributed by atoms with van der Waals surface area (Å²) in [6, 6.07) is -0.192. The van der Waals surface area contributed by atoms with E-state index in [-0.39, 0.29) is 59.1 Å². The second-order valence-corrected chi connectivity index (χ2v) is 12.8. The number of ether oxygens (including phenoxy) is 1. The van der Waals surface area contributed by atoms with Crippen LogP contribution >= 0.6 is 0 Å². The molecule has 4 rings (SSSR count). The number of rotatable bonds is 7. The van der Waals surface area contributed by atoms with Crippen molar-refractivity contribution in [3.63, 3.8) is 0 Å². The Labute approximate surface area is 219 Å². The molecule has 3 saturated heterocycles. The number of carbonyl (C=O) groups excluding carboxylic acids is 4. The number of fused-ring (bicyclic) bond motifs is 1. The largest absolute Gasteiger partial charge is 0.381 e. The normalized spacial score (nSPS) is 30.5. The van der Waals surface area contributed by atoms with E-state index in [4.69, 9.17) is 4.74 Å². The van der Waals surface area contributed by atoms with Crippen molar-refractivity contribution in [1.82, 2.24) is 20.9 Å². The van der Waals surface area contributed by atoms with Crippen LogP contribution in [0.2, 0.25) is 0 Å². The molecule has 0 aromatic rings. The lowest BCUT2D eigenvalue weighted by atomic mass is 9.84. The van der Waals surface area contributed by atoms with Gasteiger partial charge in [0.25, 0.3) is 0 Å². The molecule has 3 N–H and O–H groups in total. The van der Waals surface area contributed by atoms with Crippen molar-refractivity contribution >= 4 is 23.6 Å². The van der Waals surface area contributed by atoms with Gasteiger partial charge in [-0.1, -0.05) is 34.6 Å². The maximum atomic E-state index is 14.0. The highest BCUT2D eigenvalue weighted by atomic mass is 16.5. The molecule has 0 unspecified atom stereocenters. The molecule has 0 radical (unpaired) electrons. The van der Waals surface area contributed by atoms with E-state index in [2.05, 4.69) is 35.9 Å². The molecule has 10 heteroatoms. The fourth-order valence-corrected chi connectivity index (χ4v) is 6.40. The van der Waals surface area contributed by atoms with Gasteiger partial charge in [-0.25, -0.2) is 0 Å². The summed E-state index contributed by atoms with van der Waals surface area (Å²) in [5.74, 6) is -1.20. The van der Waals surface area contributed by atoms with Crippen molar-refractivity contribution in [2.45, 2.75) is 78.4 Å². The van der Waals surface area contributed by atoms with Crippen LogP contribution in [-0.2, 0) is 23.9 Å². The summed E-state index contributed by atoms with van der Waals surface area (Å²) in [5, 5.41) is 18.3. The van der Waals surface area contributed by atoms with E-state index in [0.717, 1.165) is 0 Å². The monoisotopic (exact) mass is 515 g/mol. The first kappa shape index (κ1) is 27.4. The predicted molar refractivity (Wildman–Crippen MR) is 134 cm³/mol. The first-order chi connectivity index (χ1) is 17.4. The summed E-state index contributed by atoms with van der Waals surface area (Å²) in [7, 11) is 0. The van der Waals surface area contributed by atoms with Gasteiger partial charge in [0.2, 0.25) is 23.6 Å². The Morgan fingerprint density at radius 2 is 1.84 bits per heavy atom. The van der Waals surface area contributed by atoms with Crippen LogP contribution in [0.4, 0.5) is 0 Å². The fourth-order valence-electron chi connectivity index (χ4n) is 6.40. The Morgan fingerprint density at radius 3 is 2.41 bits per heavy atom. The summed E-state index contributed by atoms with van der Waals surface area (Å²) in [6.45, 7) is 12.0. The van der Waals surface area contributed by atoms with Crippen LogP contribution in [0.25, 0.3) is 0 Å². The minimum atomic E-state index is -0.814. The average molecular weight is 516 g/mol. The Bertz CT molecular complexity index is 977. The van der Waals surface area contributed by atoms with Crippen molar-refractivity contribution in [1.29, 1.82) is 5.26 Å². The van der Waals surface area contributed by atoms with Crippen LogP contribution < -0.4 is 16.0 Å². The summed E-state index contributed by atoms with van der Waals surface area (Å²) in [5.41, 5.74) is -0.652. The van der Waals surface area contributed by atoms with E-state index >= 15 is 0 Å². The lowest BCUT2D eigenvalue weighted by molar-refractivity contribution is -0.146. The maximum Gasteiger partial charge on any atom is 0.246 e. The second-order valence-electron chi connectivity index (χ2n) is 12.8. The third kappa shape index (κ3) is 5.47. The number of nitrogens with one attached hydrogen (secondary N) is 3. The smallest absolute Gasteiger partial charge is 0.246 e. The Balaban J connectivity index is 1.50. The molecule has 0 spiro atoms. The van der Waals surface area contributed by atoms with Gasteiger partial charge < -0.3 is 25.6 Å².